The minimum Gasteiger partial charge on any atom is -0.462 e. The van der Waals surface area contributed by atoms with E-state index < -0.39 is 17.2 Å². The molecule has 30 heavy (non-hydrogen) atoms. The van der Waals surface area contributed by atoms with Crippen molar-refractivity contribution in [2.24, 2.45) is 14.1 Å². The Kier molecular flexibility index (Phi) is 4.73. The number of para-hydroxylation sites is 1. The summed E-state index contributed by atoms with van der Waals surface area (Å²) in [5.41, 5.74) is 1.98. The molecule has 3 heterocycles. The fraction of sp³-hybridized carbons (Fsp3) is 0.286. The van der Waals surface area contributed by atoms with Crippen LogP contribution in [0.5, 0.6) is 0 Å². The second-order valence-corrected chi connectivity index (χ2v) is 7.05. The second-order valence-electron chi connectivity index (χ2n) is 7.05. The molecule has 1 aromatic carbocycles. The van der Waals surface area contributed by atoms with Gasteiger partial charge in [0.1, 0.15) is 0 Å². The number of rotatable bonds is 4. The van der Waals surface area contributed by atoms with Crippen LogP contribution in [0.15, 0.2) is 40.2 Å². The van der Waals surface area contributed by atoms with E-state index >= 15 is 0 Å². The Morgan fingerprint density at radius 1 is 1.13 bits per heavy atom. The van der Waals surface area contributed by atoms with Gasteiger partial charge in [0.05, 0.1) is 36.3 Å². The van der Waals surface area contributed by atoms with Crippen LogP contribution in [-0.4, -0.2) is 36.2 Å². The highest BCUT2D eigenvalue weighted by Gasteiger charge is 2.22. The van der Waals surface area contributed by atoms with Gasteiger partial charge in [-0.1, -0.05) is 18.2 Å². The molecule has 154 valence electrons. The van der Waals surface area contributed by atoms with Gasteiger partial charge in [-0.3, -0.25) is 13.9 Å². The highest BCUT2D eigenvalue weighted by molar-refractivity contribution is 5.98. The molecule has 0 N–H and O–H groups in total. The maximum Gasteiger partial charge on any atom is 0.340 e. The number of fused-ring (bicyclic) bond motifs is 2. The number of pyridine rings is 1. The normalized spacial score (nSPS) is 11.3. The Hall–Kier alpha value is -3.75. The standard InChI is InChI=1S/C21H21N5O4/c1-5-30-20(28)16-12(2)13-8-6-7-9-14(13)23-15(16)10-26-11-22-18-17(26)19(27)25(4)21(29)24(18)3/h6-9,11H,5,10H2,1-4H3. The molecule has 0 atom stereocenters. The average Bonchev–Trinajstić information content (AvgIpc) is 3.14. The van der Waals surface area contributed by atoms with Crippen LogP contribution in [0.2, 0.25) is 0 Å². The number of hydrogen-bond donors (Lipinski definition) is 0. The van der Waals surface area contributed by atoms with Gasteiger partial charge >= 0.3 is 11.7 Å². The van der Waals surface area contributed by atoms with E-state index in [1.54, 1.807) is 18.5 Å². The number of ether oxygens (including phenoxy) is 1. The molecular weight excluding hydrogens is 386 g/mol. The summed E-state index contributed by atoms with van der Waals surface area (Å²) in [7, 11) is 2.98. The first-order valence-electron chi connectivity index (χ1n) is 9.51. The summed E-state index contributed by atoms with van der Waals surface area (Å²) in [6.45, 7) is 3.97. The molecule has 0 bridgehead atoms. The highest BCUT2D eigenvalue weighted by atomic mass is 16.5. The van der Waals surface area contributed by atoms with Crippen LogP contribution in [0.4, 0.5) is 0 Å². The molecule has 4 rings (SSSR count). The zero-order valence-electron chi connectivity index (χ0n) is 17.2. The SMILES string of the molecule is CCOC(=O)c1c(Cn2cnc3c2c(=O)n(C)c(=O)n3C)nc2ccccc2c1C. The van der Waals surface area contributed by atoms with Gasteiger partial charge in [-0.2, -0.15) is 0 Å². The Balaban J connectivity index is 1.97. The minimum absolute atomic E-state index is 0.129. The van der Waals surface area contributed by atoms with Crippen molar-refractivity contribution in [3.63, 3.8) is 0 Å². The van der Waals surface area contributed by atoms with Crippen LogP contribution in [0.1, 0.15) is 28.5 Å². The Morgan fingerprint density at radius 2 is 1.87 bits per heavy atom. The molecule has 0 fully saturated rings. The van der Waals surface area contributed by atoms with Gasteiger partial charge in [0.2, 0.25) is 0 Å². The number of carbonyl (C=O) groups excluding carboxylic acids is 1. The van der Waals surface area contributed by atoms with Gasteiger partial charge < -0.3 is 9.30 Å². The fourth-order valence-electron chi connectivity index (χ4n) is 3.71. The lowest BCUT2D eigenvalue weighted by molar-refractivity contribution is 0.0523. The van der Waals surface area contributed by atoms with Crippen molar-refractivity contribution in [3.05, 3.63) is 68.3 Å². The van der Waals surface area contributed by atoms with E-state index in [2.05, 4.69) is 9.97 Å². The molecule has 0 spiro atoms. The van der Waals surface area contributed by atoms with Crippen molar-refractivity contribution in [2.45, 2.75) is 20.4 Å². The summed E-state index contributed by atoms with van der Waals surface area (Å²) in [5, 5.41) is 0.859. The van der Waals surface area contributed by atoms with Crippen molar-refractivity contribution in [1.29, 1.82) is 0 Å². The predicted molar refractivity (Wildman–Crippen MR) is 112 cm³/mol. The molecule has 9 nitrogen and oxygen atoms in total. The molecule has 0 aliphatic carbocycles. The lowest BCUT2D eigenvalue weighted by atomic mass is 10.0. The molecular formula is C21H21N5O4. The molecule has 0 radical (unpaired) electrons. The molecule has 0 saturated heterocycles. The van der Waals surface area contributed by atoms with Crippen LogP contribution < -0.4 is 11.2 Å². The van der Waals surface area contributed by atoms with Crippen molar-refractivity contribution in [2.75, 3.05) is 6.61 Å². The van der Waals surface area contributed by atoms with E-state index in [0.717, 1.165) is 21.0 Å². The molecule has 0 aliphatic rings. The third-order valence-electron chi connectivity index (χ3n) is 5.24. The topological polar surface area (TPSA) is 101 Å². The molecule has 0 aliphatic heterocycles. The summed E-state index contributed by atoms with van der Waals surface area (Å²) >= 11 is 0. The monoisotopic (exact) mass is 407 g/mol. The van der Waals surface area contributed by atoms with E-state index in [4.69, 9.17) is 4.74 Å². The summed E-state index contributed by atoms with van der Waals surface area (Å²) in [6.07, 6.45) is 1.48. The summed E-state index contributed by atoms with van der Waals surface area (Å²) in [6, 6.07) is 7.54. The van der Waals surface area contributed by atoms with Gasteiger partial charge in [0.15, 0.2) is 11.2 Å². The van der Waals surface area contributed by atoms with Gasteiger partial charge in [-0.05, 0) is 25.5 Å². The number of benzene rings is 1. The quantitative estimate of drug-likeness (QED) is 0.476. The summed E-state index contributed by atoms with van der Waals surface area (Å²) in [5.74, 6) is -0.465. The molecule has 0 amide bonds. The first-order chi connectivity index (χ1) is 14.3. The van der Waals surface area contributed by atoms with Gasteiger partial charge in [0, 0.05) is 19.5 Å². The molecule has 3 aromatic heterocycles. The van der Waals surface area contributed by atoms with Gasteiger partial charge in [0.25, 0.3) is 5.56 Å². The van der Waals surface area contributed by atoms with E-state index in [9.17, 15) is 14.4 Å². The third kappa shape index (κ3) is 2.90. The van der Waals surface area contributed by atoms with Crippen molar-refractivity contribution in [3.8, 4) is 0 Å². The van der Waals surface area contributed by atoms with Crippen LogP contribution in [0.3, 0.4) is 0 Å². The number of aromatic nitrogens is 5. The lowest BCUT2D eigenvalue weighted by Gasteiger charge is -2.14. The Labute approximate surface area is 171 Å². The number of aryl methyl sites for hydroxylation is 2. The van der Waals surface area contributed by atoms with E-state index in [0.29, 0.717) is 11.3 Å². The second kappa shape index (κ2) is 7.25. The third-order valence-corrected chi connectivity index (χ3v) is 5.24. The number of esters is 1. The molecule has 0 saturated carbocycles. The number of imidazole rings is 1. The van der Waals surface area contributed by atoms with Gasteiger partial charge in [-0.25, -0.2) is 19.6 Å². The van der Waals surface area contributed by atoms with E-state index in [1.807, 2.05) is 31.2 Å². The first kappa shape index (κ1) is 19.6. The first-order valence-corrected chi connectivity index (χ1v) is 9.51. The van der Waals surface area contributed by atoms with Crippen LogP contribution in [0.25, 0.3) is 22.1 Å². The predicted octanol–water partition coefficient (Wildman–Crippen LogP) is 1.52. The number of nitrogens with zero attached hydrogens (tertiary/aromatic N) is 5. The molecule has 4 aromatic rings. The van der Waals surface area contributed by atoms with Crippen LogP contribution >= 0.6 is 0 Å². The maximum absolute atomic E-state index is 12.8. The Morgan fingerprint density at radius 3 is 2.60 bits per heavy atom. The zero-order valence-corrected chi connectivity index (χ0v) is 17.2. The average molecular weight is 407 g/mol. The smallest absolute Gasteiger partial charge is 0.340 e. The largest absolute Gasteiger partial charge is 0.462 e. The van der Waals surface area contributed by atoms with Crippen LogP contribution in [0, 0.1) is 6.92 Å². The zero-order chi connectivity index (χ0) is 21.6. The van der Waals surface area contributed by atoms with Crippen LogP contribution in [-0.2, 0) is 25.4 Å². The number of hydrogen-bond acceptors (Lipinski definition) is 6. The van der Waals surface area contributed by atoms with Gasteiger partial charge in [-0.15, -0.1) is 0 Å². The van der Waals surface area contributed by atoms with E-state index in [1.165, 1.54) is 17.9 Å². The number of carbonyl (C=O) groups is 1. The Bertz CT molecular complexity index is 1430. The minimum atomic E-state index is -0.465. The highest BCUT2D eigenvalue weighted by Crippen LogP contribution is 2.25. The fourth-order valence-corrected chi connectivity index (χ4v) is 3.71. The maximum atomic E-state index is 12.8. The molecule has 0 unspecified atom stereocenters. The lowest BCUT2D eigenvalue weighted by Crippen LogP contribution is -2.37. The van der Waals surface area contributed by atoms with Crippen molar-refractivity contribution >= 4 is 28.0 Å². The van der Waals surface area contributed by atoms with E-state index in [-0.39, 0.29) is 24.3 Å². The summed E-state index contributed by atoms with van der Waals surface area (Å²) < 4.78 is 9.23. The van der Waals surface area contributed by atoms with Crippen molar-refractivity contribution in [1.82, 2.24) is 23.7 Å². The summed E-state index contributed by atoms with van der Waals surface area (Å²) in [4.78, 5) is 46.6. The molecule has 9 heteroatoms. The van der Waals surface area contributed by atoms with Crippen molar-refractivity contribution < 1.29 is 9.53 Å².